The number of hydrogen-bond donors (Lipinski definition) is 0. The van der Waals surface area contributed by atoms with E-state index in [0.29, 0.717) is 0 Å². The lowest BCUT2D eigenvalue weighted by atomic mass is 9.98. The first kappa shape index (κ1) is 12.4. The van der Waals surface area contributed by atoms with Crippen molar-refractivity contribution in [3.05, 3.63) is 72.3 Å². The summed E-state index contributed by atoms with van der Waals surface area (Å²) in [6.45, 7) is 7.96. The number of ether oxygens (including phenoxy) is 1. The smallest absolute Gasteiger partial charge is 0.128 e. The number of para-hydroxylation sites is 1. The van der Waals surface area contributed by atoms with E-state index < -0.39 is 0 Å². The van der Waals surface area contributed by atoms with Gasteiger partial charge in [-0.2, -0.15) is 0 Å². The van der Waals surface area contributed by atoms with Crippen LogP contribution in [0.1, 0.15) is 25.0 Å². The summed E-state index contributed by atoms with van der Waals surface area (Å²) in [7, 11) is 0. The SMILES string of the molecule is C=Cc1ccccc1OC(C)(C)c1ccccc1. The lowest BCUT2D eigenvalue weighted by Gasteiger charge is -2.28. The van der Waals surface area contributed by atoms with E-state index in [1.165, 1.54) is 0 Å². The summed E-state index contributed by atoms with van der Waals surface area (Å²) < 4.78 is 6.14. The summed E-state index contributed by atoms with van der Waals surface area (Å²) in [5.41, 5.74) is 1.81. The topological polar surface area (TPSA) is 9.23 Å². The molecule has 0 amide bonds. The second-order valence-electron chi connectivity index (χ2n) is 4.72. The molecule has 0 saturated carbocycles. The van der Waals surface area contributed by atoms with Gasteiger partial charge in [-0.3, -0.25) is 0 Å². The van der Waals surface area contributed by atoms with Crippen LogP contribution >= 0.6 is 0 Å². The molecule has 1 nitrogen and oxygen atoms in total. The van der Waals surface area contributed by atoms with E-state index >= 15 is 0 Å². The van der Waals surface area contributed by atoms with E-state index in [1.807, 2.05) is 48.5 Å². The second-order valence-corrected chi connectivity index (χ2v) is 4.72. The minimum absolute atomic E-state index is 0.361. The predicted molar refractivity (Wildman–Crippen MR) is 76.6 cm³/mol. The molecular formula is C17H18O. The number of rotatable bonds is 4. The average molecular weight is 238 g/mol. The standard InChI is InChI=1S/C17H18O/c1-4-14-10-8-9-13-16(14)18-17(2,3)15-11-6-5-7-12-15/h4-13H,1H2,2-3H3. The van der Waals surface area contributed by atoms with Crippen molar-refractivity contribution in [2.45, 2.75) is 19.4 Å². The van der Waals surface area contributed by atoms with Crippen LogP contribution in [0.25, 0.3) is 6.08 Å². The van der Waals surface area contributed by atoms with Gasteiger partial charge in [0.05, 0.1) is 0 Å². The average Bonchev–Trinajstić information content (AvgIpc) is 2.40. The molecular weight excluding hydrogens is 220 g/mol. The zero-order valence-electron chi connectivity index (χ0n) is 10.9. The summed E-state index contributed by atoms with van der Waals surface area (Å²) in [5, 5.41) is 0. The lowest BCUT2D eigenvalue weighted by Crippen LogP contribution is -2.25. The third-order valence-electron chi connectivity index (χ3n) is 2.97. The van der Waals surface area contributed by atoms with Gasteiger partial charge in [0.15, 0.2) is 0 Å². The van der Waals surface area contributed by atoms with E-state index in [2.05, 4.69) is 32.6 Å². The molecule has 0 unspecified atom stereocenters. The maximum absolute atomic E-state index is 6.14. The Morgan fingerprint density at radius 1 is 0.944 bits per heavy atom. The van der Waals surface area contributed by atoms with Crippen LogP contribution in [-0.4, -0.2) is 0 Å². The van der Waals surface area contributed by atoms with Gasteiger partial charge < -0.3 is 4.74 Å². The molecule has 0 aliphatic rings. The number of benzene rings is 2. The maximum atomic E-state index is 6.14. The largest absolute Gasteiger partial charge is 0.483 e. The molecule has 0 aromatic heterocycles. The van der Waals surface area contributed by atoms with Gasteiger partial charge in [0.2, 0.25) is 0 Å². The van der Waals surface area contributed by atoms with Gasteiger partial charge in [0.1, 0.15) is 11.4 Å². The monoisotopic (exact) mass is 238 g/mol. The minimum Gasteiger partial charge on any atom is -0.483 e. The van der Waals surface area contributed by atoms with Crippen molar-refractivity contribution in [1.82, 2.24) is 0 Å². The van der Waals surface area contributed by atoms with Crippen LogP contribution in [0.4, 0.5) is 0 Å². The third kappa shape index (κ3) is 2.62. The van der Waals surface area contributed by atoms with E-state index in [4.69, 9.17) is 4.74 Å². The van der Waals surface area contributed by atoms with E-state index in [0.717, 1.165) is 16.9 Å². The molecule has 18 heavy (non-hydrogen) atoms. The Labute approximate surface area is 109 Å². The Morgan fingerprint density at radius 3 is 2.22 bits per heavy atom. The lowest BCUT2D eigenvalue weighted by molar-refractivity contribution is 0.108. The van der Waals surface area contributed by atoms with E-state index in [1.54, 1.807) is 0 Å². The number of hydrogen-bond acceptors (Lipinski definition) is 1. The molecule has 0 atom stereocenters. The fourth-order valence-electron chi connectivity index (χ4n) is 1.92. The van der Waals surface area contributed by atoms with E-state index in [9.17, 15) is 0 Å². The third-order valence-corrected chi connectivity index (χ3v) is 2.97. The quantitative estimate of drug-likeness (QED) is 0.753. The zero-order valence-corrected chi connectivity index (χ0v) is 10.9. The first-order valence-electron chi connectivity index (χ1n) is 6.09. The van der Waals surface area contributed by atoms with Crippen molar-refractivity contribution in [3.63, 3.8) is 0 Å². The molecule has 92 valence electrons. The van der Waals surface area contributed by atoms with Crippen molar-refractivity contribution in [3.8, 4) is 5.75 Å². The molecule has 2 aromatic rings. The van der Waals surface area contributed by atoms with Gasteiger partial charge >= 0.3 is 0 Å². The van der Waals surface area contributed by atoms with E-state index in [-0.39, 0.29) is 5.60 Å². The minimum atomic E-state index is -0.361. The van der Waals surface area contributed by atoms with Crippen LogP contribution in [0.2, 0.25) is 0 Å². The van der Waals surface area contributed by atoms with Gasteiger partial charge in [-0.15, -0.1) is 0 Å². The maximum Gasteiger partial charge on any atom is 0.128 e. The summed E-state index contributed by atoms with van der Waals surface area (Å²) in [6.07, 6.45) is 1.82. The van der Waals surface area contributed by atoms with Crippen LogP contribution in [0.5, 0.6) is 5.75 Å². The highest BCUT2D eigenvalue weighted by molar-refractivity contribution is 5.55. The molecule has 0 aliphatic heterocycles. The zero-order chi connectivity index (χ0) is 13.0. The normalized spacial score (nSPS) is 11.0. The molecule has 0 fully saturated rings. The molecule has 1 heteroatoms. The van der Waals surface area contributed by atoms with Crippen LogP contribution in [0, 0.1) is 0 Å². The molecule has 2 rings (SSSR count). The van der Waals surface area contributed by atoms with Gasteiger partial charge in [-0.1, -0.05) is 61.2 Å². The summed E-state index contributed by atoms with van der Waals surface area (Å²) in [6, 6.07) is 18.2. The van der Waals surface area contributed by atoms with Crippen LogP contribution in [0.15, 0.2) is 61.2 Å². The van der Waals surface area contributed by atoms with Crippen LogP contribution in [-0.2, 0) is 5.60 Å². The summed E-state index contributed by atoms with van der Waals surface area (Å²) in [5.74, 6) is 0.862. The molecule has 0 saturated heterocycles. The molecule has 0 aliphatic carbocycles. The van der Waals surface area contributed by atoms with Crippen LogP contribution in [0.3, 0.4) is 0 Å². The Kier molecular flexibility index (Phi) is 3.52. The highest BCUT2D eigenvalue weighted by Gasteiger charge is 2.22. The molecule has 0 bridgehead atoms. The van der Waals surface area contributed by atoms with Crippen molar-refractivity contribution < 1.29 is 4.74 Å². The Hall–Kier alpha value is -2.02. The molecule has 0 N–H and O–H groups in total. The molecule has 0 radical (unpaired) electrons. The first-order valence-corrected chi connectivity index (χ1v) is 6.09. The van der Waals surface area contributed by atoms with Gasteiger partial charge in [0.25, 0.3) is 0 Å². The Morgan fingerprint density at radius 2 is 1.56 bits per heavy atom. The van der Waals surface area contributed by atoms with Crippen LogP contribution < -0.4 is 4.74 Å². The van der Waals surface area contributed by atoms with Gasteiger partial charge in [-0.25, -0.2) is 0 Å². The van der Waals surface area contributed by atoms with Crippen molar-refractivity contribution >= 4 is 6.08 Å². The summed E-state index contributed by atoms with van der Waals surface area (Å²) >= 11 is 0. The predicted octanol–water partition coefficient (Wildman–Crippen LogP) is 4.64. The summed E-state index contributed by atoms with van der Waals surface area (Å²) in [4.78, 5) is 0. The molecule has 2 aromatic carbocycles. The fourth-order valence-corrected chi connectivity index (χ4v) is 1.92. The Balaban J connectivity index is 2.30. The van der Waals surface area contributed by atoms with Crippen molar-refractivity contribution in [1.29, 1.82) is 0 Å². The highest BCUT2D eigenvalue weighted by Crippen LogP contribution is 2.30. The molecule has 0 spiro atoms. The first-order chi connectivity index (χ1) is 8.63. The highest BCUT2D eigenvalue weighted by atomic mass is 16.5. The second kappa shape index (κ2) is 5.09. The fraction of sp³-hybridized carbons (Fsp3) is 0.176. The van der Waals surface area contributed by atoms with Crippen molar-refractivity contribution in [2.75, 3.05) is 0 Å². The van der Waals surface area contributed by atoms with Crippen molar-refractivity contribution in [2.24, 2.45) is 0 Å². The Bertz CT molecular complexity index is 526. The van der Waals surface area contributed by atoms with Gasteiger partial charge in [0, 0.05) is 5.56 Å². The molecule has 0 heterocycles. The van der Waals surface area contributed by atoms with Gasteiger partial charge in [-0.05, 0) is 25.5 Å².